The van der Waals surface area contributed by atoms with E-state index in [2.05, 4.69) is 0 Å². The van der Waals surface area contributed by atoms with Crippen LogP contribution in [0.1, 0.15) is 29.7 Å². The van der Waals surface area contributed by atoms with Crippen molar-refractivity contribution in [2.24, 2.45) is 0 Å². The number of aliphatic hydroxyl groups excluding tert-OH is 1. The summed E-state index contributed by atoms with van der Waals surface area (Å²) in [6, 6.07) is 12.3. The lowest BCUT2D eigenvalue weighted by Gasteiger charge is -2.42. The minimum absolute atomic E-state index is 0.347. The zero-order chi connectivity index (χ0) is 22.1. The van der Waals surface area contributed by atoms with Gasteiger partial charge in [0.2, 0.25) is 11.6 Å². The summed E-state index contributed by atoms with van der Waals surface area (Å²) >= 11 is 6.32. The Morgan fingerprint density at radius 1 is 1.10 bits per heavy atom. The maximum Gasteiger partial charge on any atom is 0.234 e. The number of Topliss-reactive ketones (excluding diaryl/α,β-unsaturated/α-hetero) is 2. The van der Waals surface area contributed by atoms with Crippen LogP contribution in [0.25, 0.3) is 0 Å². The lowest BCUT2D eigenvalue weighted by molar-refractivity contribution is -0.163. The molecule has 1 aliphatic rings. The summed E-state index contributed by atoms with van der Waals surface area (Å²) < 4.78 is 30.7. The van der Waals surface area contributed by atoms with E-state index >= 15 is 0 Å². The van der Waals surface area contributed by atoms with E-state index < -0.39 is 39.8 Å². The standard InChI is InChI=1S/C21H23ClO7S/c1-3-28-15-7-4-12(5-8-15)10-14-11-13(6-9-16(14)22)20-18(24)17(23)19(25)21(29-20)30(2,26)27/h4-9,11,19-21,25-27H,3,10H2,1-2H3/t19-,20-,21+/m0/s1. The molecule has 30 heavy (non-hydrogen) atoms. The van der Waals surface area contributed by atoms with Gasteiger partial charge in [-0.1, -0.05) is 35.9 Å². The minimum atomic E-state index is -3.43. The molecule has 9 heteroatoms. The van der Waals surface area contributed by atoms with Gasteiger partial charge in [0.05, 0.1) is 6.61 Å². The number of aliphatic hydroxyl groups is 1. The van der Waals surface area contributed by atoms with Crippen LogP contribution in [0.2, 0.25) is 5.02 Å². The van der Waals surface area contributed by atoms with Gasteiger partial charge < -0.3 is 14.6 Å². The Bertz CT molecular complexity index is 939. The highest BCUT2D eigenvalue weighted by atomic mass is 35.5. The fourth-order valence-electron chi connectivity index (χ4n) is 3.23. The molecule has 3 atom stereocenters. The molecule has 3 rings (SSSR count). The number of ketones is 2. The first-order chi connectivity index (χ1) is 14.1. The van der Waals surface area contributed by atoms with Crippen molar-refractivity contribution in [1.82, 2.24) is 0 Å². The average Bonchev–Trinajstić information content (AvgIpc) is 2.69. The monoisotopic (exact) mass is 454 g/mol. The Labute approximate surface area is 180 Å². The van der Waals surface area contributed by atoms with Crippen molar-refractivity contribution in [3.8, 4) is 5.75 Å². The third kappa shape index (κ3) is 4.85. The van der Waals surface area contributed by atoms with Gasteiger partial charge in [0.1, 0.15) is 5.75 Å². The molecule has 0 unspecified atom stereocenters. The van der Waals surface area contributed by atoms with Gasteiger partial charge in [-0.3, -0.25) is 18.7 Å². The molecule has 2 aromatic carbocycles. The first-order valence-electron chi connectivity index (χ1n) is 9.25. The number of ether oxygens (including phenoxy) is 2. The zero-order valence-electron chi connectivity index (χ0n) is 16.4. The van der Waals surface area contributed by atoms with Crippen LogP contribution in [-0.2, 0) is 20.7 Å². The SMILES string of the molecule is CCOc1ccc(Cc2cc([C@@H]3O[C@H](S(C)(O)O)[C@@H](O)C(=O)C3=O)ccc2Cl)cc1. The van der Waals surface area contributed by atoms with Gasteiger partial charge >= 0.3 is 0 Å². The molecule has 0 bridgehead atoms. The summed E-state index contributed by atoms with van der Waals surface area (Å²) in [5.41, 5.74) is 0.422. The van der Waals surface area contributed by atoms with Crippen molar-refractivity contribution < 1.29 is 33.3 Å². The van der Waals surface area contributed by atoms with Crippen LogP contribution in [0.15, 0.2) is 42.5 Å². The molecule has 7 nitrogen and oxygen atoms in total. The van der Waals surface area contributed by atoms with Crippen LogP contribution >= 0.6 is 22.2 Å². The van der Waals surface area contributed by atoms with Gasteiger partial charge in [0, 0.05) is 11.3 Å². The number of halogens is 1. The highest BCUT2D eigenvalue weighted by Crippen LogP contribution is 2.47. The predicted molar refractivity (Wildman–Crippen MR) is 114 cm³/mol. The zero-order valence-corrected chi connectivity index (χ0v) is 18.0. The minimum Gasteiger partial charge on any atom is -0.494 e. The molecule has 3 N–H and O–H groups in total. The molecular formula is C21H23ClO7S. The molecule has 1 saturated heterocycles. The molecule has 1 aliphatic heterocycles. The lowest BCUT2D eigenvalue weighted by atomic mass is 9.94. The number of carbonyl (C=O) groups excluding carboxylic acids is 2. The van der Waals surface area contributed by atoms with E-state index in [1.807, 2.05) is 31.2 Å². The summed E-state index contributed by atoms with van der Waals surface area (Å²) in [4.78, 5) is 24.6. The molecular weight excluding hydrogens is 432 g/mol. The van der Waals surface area contributed by atoms with Crippen molar-refractivity contribution in [3.05, 3.63) is 64.2 Å². The van der Waals surface area contributed by atoms with Crippen LogP contribution in [0.5, 0.6) is 5.75 Å². The second-order valence-electron chi connectivity index (χ2n) is 7.06. The van der Waals surface area contributed by atoms with E-state index in [4.69, 9.17) is 21.1 Å². The van der Waals surface area contributed by atoms with Crippen molar-refractivity contribution in [2.75, 3.05) is 12.9 Å². The van der Waals surface area contributed by atoms with Crippen LogP contribution < -0.4 is 4.74 Å². The Morgan fingerprint density at radius 3 is 2.37 bits per heavy atom. The van der Waals surface area contributed by atoms with Gasteiger partial charge in [-0.15, -0.1) is 0 Å². The summed E-state index contributed by atoms with van der Waals surface area (Å²) in [5.74, 6) is -1.30. The number of hydrogen-bond donors (Lipinski definition) is 3. The van der Waals surface area contributed by atoms with Gasteiger partial charge in [0.25, 0.3) is 0 Å². The smallest absolute Gasteiger partial charge is 0.234 e. The summed E-state index contributed by atoms with van der Waals surface area (Å²) in [5, 5.41) is 10.4. The molecule has 2 aromatic rings. The van der Waals surface area contributed by atoms with Crippen LogP contribution in [0.3, 0.4) is 0 Å². The molecule has 0 amide bonds. The molecule has 0 radical (unpaired) electrons. The fourth-order valence-corrected chi connectivity index (χ4v) is 4.35. The number of rotatable bonds is 6. The van der Waals surface area contributed by atoms with Gasteiger partial charge in [-0.2, -0.15) is 10.6 Å². The van der Waals surface area contributed by atoms with Gasteiger partial charge in [-0.05, 0) is 48.2 Å². The van der Waals surface area contributed by atoms with E-state index in [1.165, 1.54) is 6.07 Å². The van der Waals surface area contributed by atoms with Crippen molar-refractivity contribution in [3.63, 3.8) is 0 Å². The number of benzene rings is 2. The Balaban J connectivity index is 1.88. The fraction of sp³-hybridized carbons (Fsp3) is 0.333. The Hall–Kier alpha value is -1.94. The summed E-state index contributed by atoms with van der Waals surface area (Å²) in [6.07, 6.45) is -1.75. The predicted octanol–water partition coefficient (Wildman–Crippen LogP) is 3.61. The second kappa shape index (κ2) is 9.05. The van der Waals surface area contributed by atoms with E-state index in [9.17, 15) is 23.8 Å². The molecule has 0 saturated carbocycles. The summed E-state index contributed by atoms with van der Waals surface area (Å²) in [6.45, 7) is 2.47. The maximum atomic E-state index is 12.4. The van der Waals surface area contributed by atoms with E-state index in [-0.39, 0.29) is 0 Å². The molecule has 1 heterocycles. The number of hydrogen-bond acceptors (Lipinski definition) is 7. The lowest BCUT2D eigenvalue weighted by Crippen LogP contribution is -2.50. The summed E-state index contributed by atoms with van der Waals surface area (Å²) in [7, 11) is -3.43. The quantitative estimate of drug-likeness (QED) is 0.571. The second-order valence-corrected chi connectivity index (χ2v) is 9.71. The molecule has 162 valence electrons. The van der Waals surface area contributed by atoms with Gasteiger partial charge in [-0.25, -0.2) is 0 Å². The average molecular weight is 455 g/mol. The number of carbonyl (C=O) groups is 2. The highest BCUT2D eigenvalue weighted by molar-refractivity contribution is 8.24. The van der Waals surface area contributed by atoms with Crippen molar-refractivity contribution in [2.45, 2.75) is 31.0 Å². The Kier molecular flexibility index (Phi) is 6.86. The topological polar surface area (TPSA) is 113 Å². The van der Waals surface area contributed by atoms with E-state index in [1.54, 1.807) is 12.1 Å². The van der Waals surface area contributed by atoms with E-state index in [0.717, 1.165) is 17.6 Å². The Morgan fingerprint density at radius 2 is 1.77 bits per heavy atom. The molecule has 1 fully saturated rings. The molecule has 0 spiro atoms. The third-order valence-electron chi connectivity index (χ3n) is 4.72. The van der Waals surface area contributed by atoms with Crippen molar-refractivity contribution in [1.29, 1.82) is 0 Å². The van der Waals surface area contributed by atoms with Gasteiger partial charge in [0.15, 0.2) is 17.6 Å². The van der Waals surface area contributed by atoms with Crippen molar-refractivity contribution >= 4 is 33.8 Å². The molecule has 0 aliphatic carbocycles. The maximum absolute atomic E-state index is 12.4. The largest absolute Gasteiger partial charge is 0.494 e. The van der Waals surface area contributed by atoms with Crippen LogP contribution in [0.4, 0.5) is 0 Å². The first-order valence-corrected chi connectivity index (χ1v) is 11.6. The first kappa shape index (κ1) is 22.7. The third-order valence-corrected chi connectivity index (χ3v) is 6.34. The normalized spacial score (nSPS) is 22.8. The van der Waals surface area contributed by atoms with Crippen LogP contribution in [0, 0.1) is 0 Å². The highest BCUT2D eigenvalue weighted by Gasteiger charge is 2.48. The van der Waals surface area contributed by atoms with Crippen LogP contribution in [-0.4, -0.2) is 50.2 Å². The molecule has 0 aromatic heterocycles. The van der Waals surface area contributed by atoms with E-state index in [0.29, 0.717) is 29.2 Å².